The average molecular weight is 650 g/mol. The van der Waals surface area contributed by atoms with Crippen LogP contribution in [0.4, 0.5) is 20.6 Å². The number of nitro benzene ring substituents is 1. The van der Waals surface area contributed by atoms with Crippen LogP contribution in [0.15, 0.2) is 52.3 Å². The smallest absolute Gasteiger partial charge is 0.341 e. The number of non-ortho nitro benzene ring substituents is 1. The monoisotopic (exact) mass is 649 g/mol. The predicted octanol–water partition coefficient (Wildman–Crippen LogP) is 4.25. The van der Waals surface area contributed by atoms with Gasteiger partial charge < -0.3 is 19.5 Å². The number of carbonyl (C=O) groups is 4. The summed E-state index contributed by atoms with van der Waals surface area (Å²) in [5, 5.41) is 20.0. The maximum absolute atomic E-state index is 15.3. The van der Waals surface area contributed by atoms with E-state index in [1.165, 1.54) is 30.5 Å². The Hall–Kier alpha value is -5.05. The van der Waals surface area contributed by atoms with Crippen LogP contribution in [0.1, 0.15) is 47.6 Å². The van der Waals surface area contributed by atoms with E-state index < -0.39 is 38.8 Å². The Balaban J connectivity index is 1.05. The molecule has 238 valence electrons. The van der Waals surface area contributed by atoms with Gasteiger partial charge in [0, 0.05) is 68.9 Å². The molecule has 0 spiro atoms. The summed E-state index contributed by atoms with van der Waals surface area (Å²) in [6.45, 7) is 1.34. The molecule has 13 nitrogen and oxygen atoms in total. The van der Waals surface area contributed by atoms with Crippen LogP contribution < -0.4 is 10.3 Å². The Bertz CT molecular complexity index is 1900. The number of hydrogen-bond acceptors (Lipinski definition) is 9. The molecule has 1 aromatic heterocycles. The van der Waals surface area contributed by atoms with E-state index in [0.717, 1.165) is 35.6 Å². The summed E-state index contributed by atoms with van der Waals surface area (Å²) < 4.78 is 17.0. The summed E-state index contributed by atoms with van der Waals surface area (Å²) in [6.07, 6.45) is 4.77. The van der Waals surface area contributed by atoms with Gasteiger partial charge >= 0.3 is 5.97 Å². The zero-order valence-electron chi connectivity index (χ0n) is 24.4. The van der Waals surface area contributed by atoms with Crippen molar-refractivity contribution in [3.8, 4) is 0 Å². The van der Waals surface area contributed by atoms with Crippen LogP contribution in [0.25, 0.3) is 17.0 Å². The third-order valence-corrected chi connectivity index (χ3v) is 9.18. The Kier molecular flexibility index (Phi) is 8.34. The summed E-state index contributed by atoms with van der Waals surface area (Å²) in [5.74, 6) is -2.69. The Morgan fingerprint density at radius 3 is 2.50 bits per heavy atom. The van der Waals surface area contributed by atoms with Crippen molar-refractivity contribution in [2.45, 2.75) is 31.7 Å². The van der Waals surface area contributed by atoms with Gasteiger partial charge in [0.15, 0.2) is 0 Å². The van der Waals surface area contributed by atoms with Gasteiger partial charge in [0.25, 0.3) is 16.8 Å². The van der Waals surface area contributed by atoms with E-state index in [4.69, 9.17) is 0 Å². The number of carboxylic acid groups (broad SMARTS) is 1. The van der Waals surface area contributed by atoms with Crippen molar-refractivity contribution in [1.82, 2.24) is 14.4 Å². The van der Waals surface area contributed by atoms with Gasteiger partial charge in [0.1, 0.15) is 11.4 Å². The molecule has 3 fully saturated rings. The average Bonchev–Trinajstić information content (AvgIpc) is 3.84. The highest BCUT2D eigenvalue weighted by atomic mass is 32.2. The molecule has 2 saturated heterocycles. The maximum atomic E-state index is 15.3. The van der Waals surface area contributed by atoms with Gasteiger partial charge in [-0.05, 0) is 54.8 Å². The molecule has 2 aromatic carbocycles. The largest absolute Gasteiger partial charge is 0.477 e. The second-order valence-corrected chi connectivity index (χ2v) is 12.3. The fourth-order valence-corrected chi connectivity index (χ4v) is 6.59. The topological polar surface area (TPSA) is 163 Å². The fourth-order valence-electron chi connectivity index (χ4n) is 5.72. The van der Waals surface area contributed by atoms with E-state index in [1.807, 2.05) is 0 Å². The second-order valence-electron chi connectivity index (χ2n) is 11.3. The quantitative estimate of drug-likeness (QED) is 0.201. The first kappa shape index (κ1) is 31.0. The van der Waals surface area contributed by atoms with Gasteiger partial charge in [-0.25, -0.2) is 9.18 Å². The third-order valence-electron chi connectivity index (χ3n) is 8.27. The highest BCUT2D eigenvalue weighted by molar-refractivity contribution is 8.18. The normalized spacial score (nSPS) is 17.8. The molecule has 0 atom stereocenters. The maximum Gasteiger partial charge on any atom is 0.341 e. The standard InChI is InChI=1S/C31H28FN5O8S/c32-23-15-21-24(36(19-6-7-19)17-22(28(21)39)30(41)42)16-25(23)33-9-11-34(12-10-33)27(38)5-2-8-35-29(40)26(46-31(35)43)14-18-3-1-4-20(13-18)37(44)45/h1,3-4,13-17,19H,2,5-12H2,(H,41,42)/b26-14+. The van der Waals surface area contributed by atoms with Gasteiger partial charge in [-0.2, -0.15) is 0 Å². The fraction of sp³-hybridized carbons (Fsp3) is 0.323. The zero-order valence-corrected chi connectivity index (χ0v) is 25.2. The first-order valence-corrected chi connectivity index (χ1v) is 15.5. The first-order chi connectivity index (χ1) is 22.0. The minimum absolute atomic E-state index is 0.0156. The number of pyridine rings is 1. The van der Waals surface area contributed by atoms with Crippen LogP contribution in [0, 0.1) is 15.9 Å². The lowest BCUT2D eigenvalue weighted by Crippen LogP contribution is -2.49. The summed E-state index contributed by atoms with van der Waals surface area (Å²) >= 11 is 0.738. The molecule has 0 bridgehead atoms. The van der Waals surface area contributed by atoms with Crippen LogP contribution in [0.3, 0.4) is 0 Å². The number of carbonyl (C=O) groups excluding carboxylic acids is 3. The number of nitrogens with zero attached hydrogens (tertiary/aromatic N) is 5. The van der Waals surface area contributed by atoms with E-state index in [2.05, 4.69) is 0 Å². The van der Waals surface area contributed by atoms with Gasteiger partial charge in [-0.15, -0.1) is 0 Å². The highest BCUT2D eigenvalue weighted by Gasteiger charge is 2.35. The predicted molar refractivity (Wildman–Crippen MR) is 167 cm³/mol. The van der Waals surface area contributed by atoms with E-state index in [0.29, 0.717) is 37.3 Å². The molecule has 3 heterocycles. The molecular formula is C31H28FN5O8S. The van der Waals surface area contributed by atoms with Crippen molar-refractivity contribution >= 4 is 63.1 Å². The van der Waals surface area contributed by atoms with Crippen LogP contribution in [-0.4, -0.2) is 80.1 Å². The lowest BCUT2D eigenvalue weighted by Gasteiger charge is -2.36. The summed E-state index contributed by atoms with van der Waals surface area (Å²) in [4.78, 5) is 77.8. The number of carboxylic acids is 1. The molecular weight excluding hydrogens is 621 g/mol. The number of benzene rings is 2. The van der Waals surface area contributed by atoms with Crippen molar-refractivity contribution < 1.29 is 33.6 Å². The SMILES string of the molecule is O=C(O)c1cn(C2CC2)c2cc(N3CCN(C(=O)CCCN4C(=O)S/C(=C/c5cccc([N+](=O)[O-])c5)C4=O)CC3)c(F)cc2c1=O. The number of hydrogen-bond donors (Lipinski definition) is 1. The van der Waals surface area contributed by atoms with Gasteiger partial charge in [-0.3, -0.25) is 34.2 Å². The molecule has 15 heteroatoms. The number of piperazine rings is 1. The number of anilines is 1. The molecule has 1 aliphatic carbocycles. The number of aromatic carboxylic acids is 1. The number of amides is 3. The van der Waals surface area contributed by atoms with E-state index in [9.17, 15) is 39.2 Å². The van der Waals surface area contributed by atoms with Crippen molar-refractivity contribution in [2.75, 3.05) is 37.6 Å². The van der Waals surface area contributed by atoms with E-state index >= 15 is 4.39 Å². The molecule has 0 radical (unpaired) electrons. The molecule has 3 amide bonds. The molecule has 1 N–H and O–H groups in total. The van der Waals surface area contributed by atoms with Crippen LogP contribution in [-0.2, 0) is 9.59 Å². The van der Waals surface area contributed by atoms with E-state index in [-0.39, 0.29) is 53.0 Å². The molecule has 6 rings (SSSR count). The molecule has 0 unspecified atom stereocenters. The Morgan fingerprint density at radius 1 is 1.09 bits per heavy atom. The van der Waals surface area contributed by atoms with Gasteiger partial charge in [-0.1, -0.05) is 12.1 Å². The van der Waals surface area contributed by atoms with Crippen LogP contribution in [0.5, 0.6) is 0 Å². The molecule has 3 aromatic rings. The molecule has 46 heavy (non-hydrogen) atoms. The van der Waals surface area contributed by atoms with Crippen molar-refractivity contribution in [1.29, 1.82) is 0 Å². The van der Waals surface area contributed by atoms with Crippen LogP contribution in [0.2, 0.25) is 0 Å². The summed E-state index contributed by atoms with van der Waals surface area (Å²) in [7, 11) is 0. The van der Waals surface area contributed by atoms with E-state index in [1.54, 1.807) is 26.5 Å². The zero-order chi connectivity index (χ0) is 32.7. The number of aromatic nitrogens is 1. The number of fused-ring (bicyclic) bond motifs is 1. The number of imide groups is 1. The Labute approximate surface area is 265 Å². The van der Waals surface area contributed by atoms with Crippen molar-refractivity contribution in [3.05, 3.63) is 84.8 Å². The van der Waals surface area contributed by atoms with Crippen molar-refractivity contribution in [2.24, 2.45) is 0 Å². The Morgan fingerprint density at radius 2 is 1.83 bits per heavy atom. The lowest BCUT2D eigenvalue weighted by atomic mass is 10.1. The molecule has 1 saturated carbocycles. The minimum atomic E-state index is -1.36. The summed E-state index contributed by atoms with van der Waals surface area (Å²) in [5.41, 5.74) is -0.0969. The lowest BCUT2D eigenvalue weighted by molar-refractivity contribution is -0.384. The minimum Gasteiger partial charge on any atom is -0.477 e. The number of nitro groups is 1. The number of halogens is 1. The molecule has 2 aliphatic heterocycles. The highest BCUT2D eigenvalue weighted by Crippen LogP contribution is 2.38. The van der Waals surface area contributed by atoms with Crippen LogP contribution >= 0.6 is 11.8 Å². The summed E-state index contributed by atoms with van der Waals surface area (Å²) in [6, 6.07) is 8.45. The van der Waals surface area contributed by atoms with Crippen molar-refractivity contribution in [3.63, 3.8) is 0 Å². The third kappa shape index (κ3) is 6.09. The van der Waals surface area contributed by atoms with Gasteiger partial charge in [0.05, 0.1) is 21.0 Å². The number of rotatable bonds is 9. The number of thioether (sulfide) groups is 1. The van der Waals surface area contributed by atoms with Gasteiger partial charge in [0.2, 0.25) is 11.3 Å². The first-order valence-electron chi connectivity index (χ1n) is 14.7. The second kappa shape index (κ2) is 12.4. The molecule has 3 aliphatic rings.